The van der Waals surface area contributed by atoms with Gasteiger partial charge in [0.1, 0.15) is 0 Å². The Hall–Kier alpha value is -3.43. The molecular formula is C27H31N3O5S. The lowest BCUT2D eigenvalue weighted by molar-refractivity contribution is 0.0964. The van der Waals surface area contributed by atoms with Crippen molar-refractivity contribution in [3.63, 3.8) is 0 Å². The first kappa shape index (κ1) is 25.7. The van der Waals surface area contributed by atoms with Gasteiger partial charge in [-0.3, -0.25) is 4.79 Å². The predicted octanol–water partition coefficient (Wildman–Crippen LogP) is 4.61. The minimum Gasteiger partial charge on any atom is -0.450 e. The quantitative estimate of drug-likeness (QED) is 0.505. The predicted molar refractivity (Wildman–Crippen MR) is 140 cm³/mol. The van der Waals surface area contributed by atoms with E-state index in [9.17, 15) is 18.0 Å². The summed E-state index contributed by atoms with van der Waals surface area (Å²) in [6.45, 7) is 6.82. The second kappa shape index (κ2) is 10.7. The van der Waals surface area contributed by atoms with E-state index < -0.39 is 10.0 Å². The summed E-state index contributed by atoms with van der Waals surface area (Å²) in [5.74, 6) is -0.303. The Kier molecular flexibility index (Phi) is 7.61. The fourth-order valence-corrected chi connectivity index (χ4v) is 5.99. The molecule has 1 heterocycles. The molecule has 0 saturated carbocycles. The van der Waals surface area contributed by atoms with Crippen LogP contribution in [0.15, 0.2) is 59.5 Å². The summed E-state index contributed by atoms with van der Waals surface area (Å²) >= 11 is 0. The van der Waals surface area contributed by atoms with E-state index in [-0.39, 0.29) is 22.9 Å². The van der Waals surface area contributed by atoms with Gasteiger partial charge in [0.25, 0.3) is 5.91 Å². The molecule has 3 aromatic carbocycles. The van der Waals surface area contributed by atoms with E-state index in [4.69, 9.17) is 4.74 Å². The second-order valence-electron chi connectivity index (χ2n) is 8.94. The summed E-state index contributed by atoms with van der Waals surface area (Å²) in [5, 5.41) is 3.99. The van der Waals surface area contributed by atoms with Crippen molar-refractivity contribution in [2.45, 2.75) is 44.6 Å². The van der Waals surface area contributed by atoms with E-state index in [2.05, 4.69) is 10.0 Å². The lowest BCUT2D eigenvalue weighted by Crippen LogP contribution is -2.46. The summed E-state index contributed by atoms with van der Waals surface area (Å²) in [6.07, 6.45) is 0.609. The van der Waals surface area contributed by atoms with Crippen molar-refractivity contribution in [1.82, 2.24) is 9.62 Å². The molecule has 36 heavy (non-hydrogen) atoms. The average Bonchev–Trinajstić information content (AvgIpc) is 2.86. The molecule has 3 aromatic rings. The molecule has 2 N–H and O–H groups in total. The number of amides is 2. The smallest absolute Gasteiger partial charge is 0.409 e. The van der Waals surface area contributed by atoms with Gasteiger partial charge in [-0.05, 0) is 68.3 Å². The number of rotatable bonds is 6. The van der Waals surface area contributed by atoms with Crippen LogP contribution in [0.1, 0.15) is 41.3 Å². The fourth-order valence-electron chi connectivity index (χ4n) is 4.47. The summed E-state index contributed by atoms with van der Waals surface area (Å²) in [4.78, 5) is 26.8. The van der Waals surface area contributed by atoms with Crippen molar-refractivity contribution in [2.75, 3.05) is 25.0 Å². The number of nitrogens with zero attached hydrogens (tertiary/aromatic N) is 1. The number of likely N-dealkylation sites (tertiary alicyclic amines) is 1. The van der Waals surface area contributed by atoms with Crippen LogP contribution in [-0.2, 0) is 14.8 Å². The van der Waals surface area contributed by atoms with E-state index >= 15 is 0 Å². The number of hydrogen-bond donors (Lipinski definition) is 2. The maximum absolute atomic E-state index is 13.4. The summed E-state index contributed by atoms with van der Waals surface area (Å²) in [5.41, 5.74) is 3.16. The molecule has 0 spiro atoms. The van der Waals surface area contributed by atoms with Crippen LogP contribution in [0.5, 0.6) is 0 Å². The highest BCUT2D eigenvalue weighted by molar-refractivity contribution is 7.89. The van der Waals surface area contributed by atoms with E-state index in [0.29, 0.717) is 48.9 Å². The third-order valence-electron chi connectivity index (χ3n) is 6.61. The number of ether oxygens (including phenoxy) is 1. The van der Waals surface area contributed by atoms with Gasteiger partial charge in [-0.15, -0.1) is 0 Å². The van der Waals surface area contributed by atoms with Gasteiger partial charge in [0.2, 0.25) is 10.0 Å². The van der Waals surface area contributed by atoms with Gasteiger partial charge in [0, 0.05) is 35.8 Å². The number of benzene rings is 3. The lowest BCUT2D eigenvalue weighted by Gasteiger charge is -2.31. The number of sulfonamides is 1. The number of anilines is 1. The molecule has 4 rings (SSSR count). The third kappa shape index (κ3) is 5.37. The molecule has 0 radical (unpaired) electrons. The van der Waals surface area contributed by atoms with Crippen LogP contribution in [-0.4, -0.2) is 51.1 Å². The van der Waals surface area contributed by atoms with Gasteiger partial charge >= 0.3 is 6.09 Å². The Morgan fingerprint density at radius 3 is 2.36 bits per heavy atom. The monoisotopic (exact) mass is 509 g/mol. The molecule has 0 atom stereocenters. The van der Waals surface area contributed by atoms with Crippen molar-refractivity contribution in [1.29, 1.82) is 0 Å². The van der Waals surface area contributed by atoms with Crippen LogP contribution in [0.4, 0.5) is 10.5 Å². The Labute approximate surface area is 211 Å². The molecule has 1 saturated heterocycles. The molecule has 1 aliphatic rings. The number of piperidine rings is 1. The van der Waals surface area contributed by atoms with Gasteiger partial charge in [0.05, 0.1) is 11.5 Å². The van der Waals surface area contributed by atoms with Crippen molar-refractivity contribution in [3.8, 4) is 0 Å². The molecule has 0 unspecified atom stereocenters. The molecule has 0 bridgehead atoms. The maximum atomic E-state index is 13.4. The molecule has 9 heteroatoms. The van der Waals surface area contributed by atoms with E-state index in [1.807, 2.05) is 32.0 Å². The van der Waals surface area contributed by atoms with Gasteiger partial charge < -0.3 is 15.0 Å². The van der Waals surface area contributed by atoms with E-state index in [1.54, 1.807) is 48.2 Å². The van der Waals surface area contributed by atoms with Crippen molar-refractivity contribution < 1.29 is 22.7 Å². The molecule has 1 fully saturated rings. The van der Waals surface area contributed by atoms with E-state index in [0.717, 1.165) is 16.8 Å². The topological polar surface area (TPSA) is 105 Å². The Morgan fingerprint density at radius 2 is 1.64 bits per heavy atom. The first-order valence-electron chi connectivity index (χ1n) is 12.0. The number of fused-ring (bicyclic) bond motifs is 1. The number of carbonyl (C=O) groups excluding carboxylic acids is 2. The summed E-state index contributed by atoms with van der Waals surface area (Å²) < 4.78 is 34.6. The molecule has 1 aliphatic heterocycles. The van der Waals surface area contributed by atoms with Gasteiger partial charge in [0.15, 0.2) is 0 Å². The van der Waals surface area contributed by atoms with E-state index in [1.165, 1.54) is 0 Å². The van der Waals surface area contributed by atoms with Gasteiger partial charge in [-0.2, -0.15) is 0 Å². The van der Waals surface area contributed by atoms with Crippen LogP contribution >= 0.6 is 0 Å². The zero-order chi connectivity index (χ0) is 25.9. The first-order valence-corrected chi connectivity index (χ1v) is 13.5. The molecule has 190 valence electrons. The largest absolute Gasteiger partial charge is 0.450 e. The first-order chi connectivity index (χ1) is 17.2. The Bertz CT molecular complexity index is 1400. The van der Waals surface area contributed by atoms with Gasteiger partial charge in [-0.1, -0.05) is 36.4 Å². The minimum absolute atomic E-state index is 0.120. The third-order valence-corrected chi connectivity index (χ3v) is 8.19. The number of nitrogens with one attached hydrogen (secondary N) is 2. The lowest BCUT2D eigenvalue weighted by atomic mass is 10.0. The van der Waals surface area contributed by atoms with Crippen molar-refractivity contribution in [3.05, 3.63) is 71.3 Å². The molecule has 0 aliphatic carbocycles. The van der Waals surface area contributed by atoms with Crippen LogP contribution in [0.3, 0.4) is 0 Å². The van der Waals surface area contributed by atoms with Crippen LogP contribution < -0.4 is 10.0 Å². The second-order valence-corrected chi connectivity index (χ2v) is 10.6. The van der Waals surface area contributed by atoms with Crippen LogP contribution in [0.25, 0.3) is 10.8 Å². The number of aryl methyl sites for hydroxylation is 1. The fraction of sp³-hybridized carbons (Fsp3) is 0.333. The molecule has 2 amide bonds. The Balaban J connectivity index is 1.56. The standard InChI is InChI=1S/C27H31N3O5S/c1-4-35-27(32)30-16-14-20(15-17-30)29-36(33,34)25-13-7-9-21-22(25)10-6-11-23(21)26(31)28-24-12-5-8-18(2)19(24)3/h5-13,20,29H,4,14-17H2,1-3H3,(H,28,31). The Morgan fingerprint density at radius 1 is 0.972 bits per heavy atom. The molecule has 0 aromatic heterocycles. The highest BCUT2D eigenvalue weighted by atomic mass is 32.2. The number of hydrogen-bond acceptors (Lipinski definition) is 5. The summed E-state index contributed by atoms with van der Waals surface area (Å²) in [7, 11) is -3.86. The number of carbonyl (C=O) groups is 2. The highest BCUT2D eigenvalue weighted by Crippen LogP contribution is 2.28. The van der Waals surface area contributed by atoms with Crippen molar-refractivity contribution in [2.24, 2.45) is 0 Å². The maximum Gasteiger partial charge on any atom is 0.409 e. The van der Waals surface area contributed by atoms with Gasteiger partial charge in [-0.25, -0.2) is 17.9 Å². The highest BCUT2D eigenvalue weighted by Gasteiger charge is 2.28. The normalized spacial score (nSPS) is 14.6. The minimum atomic E-state index is -3.86. The SMILES string of the molecule is CCOC(=O)N1CCC(NS(=O)(=O)c2cccc3c(C(=O)Nc4cccc(C)c4C)cccc23)CC1. The molecule has 8 nitrogen and oxygen atoms in total. The van der Waals surface area contributed by atoms with Crippen molar-refractivity contribution >= 4 is 38.5 Å². The van der Waals surface area contributed by atoms with Crippen LogP contribution in [0.2, 0.25) is 0 Å². The summed E-state index contributed by atoms with van der Waals surface area (Å²) in [6, 6.07) is 15.5. The zero-order valence-corrected chi connectivity index (χ0v) is 21.5. The average molecular weight is 510 g/mol. The zero-order valence-electron chi connectivity index (χ0n) is 20.7. The van der Waals surface area contributed by atoms with Crippen LogP contribution in [0, 0.1) is 13.8 Å². The molecular weight excluding hydrogens is 478 g/mol.